The van der Waals surface area contributed by atoms with Gasteiger partial charge in [-0.1, -0.05) is 6.07 Å². The minimum absolute atomic E-state index is 0.197. The molecule has 2 aliphatic rings. The Morgan fingerprint density at radius 2 is 1.93 bits per heavy atom. The minimum Gasteiger partial charge on any atom is -0.343 e. The van der Waals surface area contributed by atoms with Gasteiger partial charge < -0.3 is 10.2 Å². The predicted molar refractivity (Wildman–Crippen MR) is 107 cm³/mol. The van der Waals surface area contributed by atoms with E-state index in [-0.39, 0.29) is 5.91 Å². The van der Waals surface area contributed by atoms with Crippen LogP contribution in [0.5, 0.6) is 0 Å². The maximum atomic E-state index is 11.5. The first-order chi connectivity index (χ1) is 13.0. The fourth-order valence-corrected chi connectivity index (χ4v) is 4.46. The van der Waals surface area contributed by atoms with Crippen LogP contribution in [0.2, 0.25) is 0 Å². The summed E-state index contributed by atoms with van der Waals surface area (Å²) in [6.45, 7) is 7.72. The molecule has 5 nitrogen and oxygen atoms in total. The minimum atomic E-state index is 0.197. The molecule has 0 spiro atoms. The van der Waals surface area contributed by atoms with E-state index in [9.17, 15) is 4.79 Å². The van der Waals surface area contributed by atoms with E-state index < -0.39 is 0 Å². The van der Waals surface area contributed by atoms with Gasteiger partial charge in [0, 0.05) is 43.4 Å². The summed E-state index contributed by atoms with van der Waals surface area (Å²) in [4.78, 5) is 13.5. The lowest BCUT2D eigenvalue weighted by atomic mass is 9.91. The highest BCUT2D eigenvalue weighted by Crippen LogP contribution is 2.32. The number of carbonyl (C=O) groups is 1. The van der Waals surface area contributed by atoms with Crippen LogP contribution in [0.3, 0.4) is 0 Å². The van der Waals surface area contributed by atoms with E-state index in [0.717, 1.165) is 38.0 Å². The average Bonchev–Trinajstić information content (AvgIpc) is 3.10. The number of nitrogens with zero attached hydrogens (tertiary/aromatic N) is 3. The first-order valence-corrected chi connectivity index (χ1v) is 10.2. The molecule has 1 saturated heterocycles. The largest absolute Gasteiger partial charge is 0.343 e. The van der Waals surface area contributed by atoms with Crippen molar-refractivity contribution >= 4 is 5.91 Å². The van der Waals surface area contributed by atoms with Crippen molar-refractivity contribution in [1.29, 1.82) is 0 Å². The smallest absolute Gasteiger partial charge is 0.219 e. The number of amides is 1. The van der Waals surface area contributed by atoms with Crippen LogP contribution in [0, 0.1) is 13.8 Å². The number of nitrogens with one attached hydrogen (secondary N) is 1. The summed E-state index contributed by atoms with van der Waals surface area (Å²) in [7, 11) is 0. The van der Waals surface area contributed by atoms with E-state index in [4.69, 9.17) is 5.10 Å². The van der Waals surface area contributed by atoms with E-state index in [2.05, 4.69) is 48.2 Å². The van der Waals surface area contributed by atoms with Crippen molar-refractivity contribution in [2.75, 3.05) is 13.1 Å². The summed E-state index contributed by atoms with van der Waals surface area (Å²) < 4.78 is 2.13. The lowest BCUT2D eigenvalue weighted by Gasteiger charge is -2.35. The van der Waals surface area contributed by atoms with E-state index in [1.165, 1.54) is 35.2 Å². The lowest BCUT2D eigenvalue weighted by Crippen LogP contribution is -2.45. The molecule has 1 aliphatic carbocycles. The van der Waals surface area contributed by atoms with Gasteiger partial charge in [0.25, 0.3) is 0 Å². The Balaban J connectivity index is 1.50. The van der Waals surface area contributed by atoms with Crippen molar-refractivity contribution in [3.8, 4) is 5.69 Å². The molecule has 1 atom stereocenters. The molecule has 1 aromatic heterocycles. The van der Waals surface area contributed by atoms with Crippen LogP contribution in [0.25, 0.3) is 5.69 Å². The molecule has 2 aromatic rings. The number of likely N-dealkylation sites (tertiary alicyclic amines) is 1. The van der Waals surface area contributed by atoms with Crippen LogP contribution in [0.1, 0.15) is 61.0 Å². The van der Waals surface area contributed by atoms with Crippen molar-refractivity contribution in [1.82, 2.24) is 20.0 Å². The van der Waals surface area contributed by atoms with Crippen LogP contribution < -0.4 is 5.32 Å². The zero-order valence-corrected chi connectivity index (χ0v) is 16.7. The van der Waals surface area contributed by atoms with Crippen LogP contribution in [0.15, 0.2) is 24.4 Å². The number of piperidine rings is 1. The third-order valence-electron chi connectivity index (χ3n) is 6.30. The highest BCUT2D eigenvalue weighted by atomic mass is 16.2. The molecule has 5 heteroatoms. The van der Waals surface area contributed by atoms with Crippen molar-refractivity contribution in [3.05, 3.63) is 46.8 Å². The fraction of sp³-hybridized carbons (Fsp3) is 0.545. The van der Waals surface area contributed by atoms with Gasteiger partial charge in [0.05, 0.1) is 11.9 Å². The number of benzene rings is 1. The van der Waals surface area contributed by atoms with Gasteiger partial charge in [0.2, 0.25) is 5.91 Å². The average molecular weight is 367 g/mol. The molecule has 1 aromatic carbocycles. The number of carbonyl (C=O) groups excluding carboxylic acids is 1. The summed E-state index contributed by atoms with van der Waals surface area (Å²) in [5.41, 5.74) is 6.49. The highest BCUT2D eigenvalue weighted by Gasteiger charge is 2.28. The van der Waals surface area contributed by atoms with E-state index >= 15 is 0 Å². The zero-order chi connectivity index (χ0) is 19.0. The molecule has 1 N–H and O–H groups in total. The van der Waals surface area contributed by atoms with Crippen LogP contribution in [-0.4, -0.2) is 39.7 Å². The molecule has 4 rings (SSSR count). The number of aromatic nitrogens is 2. The van der Waals surface area contributed by atoms with Gasteiger partial charge in [-0.25, -0.2) is 4.68 Å². The number of rotatable bonds is 3. The van der Waals surface area contributed by atoms with E-state index in [1.54, 1.807) is 6.92 Å². The normalized spacial score (nSPS) is 20.6. The van der Waals surface area contributed by atoms with Gasteiger partial charge in [-0.05, 0) is 69.2 Å². The van der Waals surface area contributed by atoms with Crippen molar-refractivity contribution in [2.45, 2.75) is 65.0 Å². The second-order valence-electron chi connectivity index (χ2n) is 8.12. The molecule has 1 aliphatic heterocycles. The summed E-state index contributed by atoms with van der Waals surface area (Å²) in [5, 5.41) is 8.61. The Kier molecular flexibility index (Phi) is 5.04. The van der Waals surface area contributed by atoms with E-state index in [0.29, 0.717) is 12.1 Å². The monoisotopic (exact) mass is 366 g/mol. The first kappa shape index (κ1) is 18.2. The maximum absolute atomic E-state index is 11.5. The number of fused-ring (bicyclic) bond motifs is 1. The summed E-state index contributed by atoms with van der Waals surface area (Å²) in [6, 6.07) is 7.45. The molecule has 144 valence electrons. The van der Waals surface area contributed by atoms with Crippen molar-refractivity contribution in [3.63, 3.8) is 0 Å². The molecule has 0 bridgehead atoms. The SMILES string of the molecule is CC(=O)N1CCC(N[C@H]2CCCc3c2cnn3-c2ccc(C)c(C)c2)CC1. The topological polar surface area (TPSA) is 50.2 Å². The van der Waals surface area contributed by atoms with Crippen LogP contribution >= 0.6 is 0 Å². The quantitative estimate of drug-likeness (QED) is 0.905. The lowest BCUT2D eigenvalue weighted by molar-refractivity contribution is -0.129. The third kappa shape index (κ3) is 3.65. The van der Waals surface area contributed by atoms with Crippen molar-refractivity contribution in [2.24, 2.45) is 0 Å². The summed E-state index contributed by atoms with van der Waals surface area (Å²) in [6.07, 6.45) is 7.58. The summed E-state index contributed by atoms with van der Waals surface area (Å²) in [5.74, 6) is 0.197. The Morgan fingerprint density at radius 3 is 2.63 bits per heavy atom. The Bertz CT molecular complexity index is 833. The molecule has 27 heavy (non-hydrogen) atoms. The highest BCUT2D eigenvalue weighted by molar-refractivity contribution is 5.73. The Morgan fingerprint density at radius 1 is 1.15 bits per heavy atom. The molecule has 1 fully saturated rings. The van der Waals surface area contributed by atoms with Crippen molar-refractivity contribution < 1.29 is 4.79 Å². The molecule has 0 unspecified atom stereocenters. The van der Waals surface area contributed by atoms with Gasteiger partial charge in [0.1, 0.15) is 0 Å². The number of aryl methyl sites for hydroxylation is 2. The second-order valence-corrected chi connectivity index (χ2v) is 8.12. The van der Waals surface area contributed by atoms with Crippen LogP contribution in [0.4, 0.5) is 0 Å². The first-order valence-electron chi connectivity index (χ1n) is 10.2. The van der Waals surface area contributed by atoms with E-state index in [1.807, 2.05) is 4.90 Å². The van der Waals surface area contributed by atoms with Crippen LogP contribution in [-0.2, 0) is 11.2 Å². The van der Waals surface area contributed by atoms with Gasteiger partial charge in [-0.3, -0.25) is 4.79 Å². The Labute approximate surface area is 161 Å². The number of hydrogen-bond acceptors (Lipinski definition) is 3. The zero-order valence-electron chi connectivity index (χ0n) is 16.7. The standard InChI is InChI=1S/C22H30N4O/c1-15-7-8-19(13-16(15)2)26-22-6-4-5-21(20(22)14-23-26)24-18-9-11-25(12-10-18)17(3)27/h7-8,13-14,18,21,24H,4-6,9-12H2,1-3H3/t21-/m0/s1. The van der Waals surface area contributed by atoms with Gasteiger partial charge in [0.15, 0.2) is 0 Å². The van der Waals surface area contributed by atoms with Gasteiger partial charge in [-0.2, -0.15) is 5.10 Å². The molecular weight excluding hydrogens is 336 g/mol. The predicted octanol–water partition coefficient (Wildman–Crippen LogP) is 3.47. The molecule has 0 radical (unpaired) electrons. The third-order valence-corrected chi connectivity index (χ3v) is 6.30. The fourth-order valence-electron chi connectivity index (χ4n) is 4.46. The molecule has 0 saturated carbocycles. The molecular formula is C22H30N4O. The van der Waals surface area contributed by atoms with Gasteiger partial charge >= 0.3 is 0 Å². The van der Waals surface area contributed by atoms with Gasteiger partial charge in [-0.15, -0.1) is 0 Å². The summed E-state index contributed by atoms with van der Waals surface area (Å²) >= 11 is 0. The Hall–Kier alpha value is -2.14. The molecule has 2 heterocycles. The molecule has 1 amide bonds. The number of hydrogen-bond donors (Lipinski definition) is 1. The second kappa shape index (κ2) is 7.47. The maximum Gasteiger partial charge on any atom is 0.219 e.